The normalized spacial score (nSPS) is 12.8. The highest BCUT2D eigenvalue weighted by atomic mass is 35.5. The predicted molar refractivity (Wildman–Crippen MR) is 166 cm³/mol. The van der Waals surface area contributed by atoms with E-state index in [1.54, 1.807) is 24.3 Å². The summed E-state index contributed by atoms with van der Waals surface area (Å²) in [6, 6.07) is 32.8. The summed E-state index contributed by atoms with van der Waals surface area (Å²) in [6.07, 6.45) is 0.142. The van der Waals surface area contributed by atoms with Crippen molar-refractivity contribution in [1.82, 2.24) is 4.90 Å². The molecule has 0 aliphatic carbocycles. The number of aliphatic hydroxyl groups is 2. The SMILES string of the molecule is OC(CN(CCc1ccc(OCCOCCc2ccccc2)cc1)C[C@H](O)c1cccc(Cl)c1)c1cccc(Cl)c1. The lowest BCUT2D eigenvalue weighted by Crippen LogP contribution is -2.34. The first-order valence-corrected chi connectivity index (χ1v) is 14.6. The van der Waals surface area contributed by atoms with Gasteiger partial charge in [0.05, 0.1) is 25.4 Å². The van der Waals surface area contributed by atoms with Crippen molar-refractivity contribution in [1.29, 1.82) is 0 Å². The van der Waals surface area contributed by atoms with Crippen molar-refractivity contribution in [3.63, 3.8) is 0 Å². The van der Waals surface area contributed by atoms with Gasteiger partial charge in [-0.1, -0.05) is 89.9 Å². The third-order valence-corrected chi connectivity index (χ3v) is 7.31. The molecule has 0 bridgehead atoms. The van der Waals surface area contributed by atoms with Crippen LogP contribution in [0.15, 0.2) is 103 Å². The quantitative estimate of drug-likeness (QED) is 0.138. The minimum absolute atomic E-state index is 0.351. The van der Waals surface area contributed by atoms with E-state index in [9.17, 15) is 10.2 Å². The highest BCUT2D eigenvalue weighted by Crippen LogP contribution is 2.23. The van der Waals surface area contributed by atoms with Crippen molar-refractivity contribution in [2.45, 2.75) is 25.0 Å². The smallest absolute Gasteiger partial charge is 0.119 e. The Balaban J connectivity index is 1.27. The van der Waals surface area contributed by atoms with E-state index in [4.69, 9.17) is 32.7 Å². The molecule has 41 heavy (non-hydrogen) atoms. The number of halogens is 2. The van der Waals surface area contributed by atoms with Crippen LogP contribution in [0.1, 0.15) is 34.5 Å². The van der Waals surface area contributed by atoms with Crippen LogP contribution in [0.2, 0.25) is 10.0 Å². The number of ether oxygens (including phenoxy) is 2. The molecule has 4 rings (SSSR count). The first kappa shape index (κ1) is 31.0. The number of benzene rings is 4. The van der Waals surface area contributed by atoms with E-state index in [0.717, 1.165) is 35.3 Å². The topological polar surface area (TPSA) is 62.2 Å². The van der Waals surface area contributed by atoms with Crippen LogP contribution in [-0.4, -0.2) is 54.6 Å². The van der Waals surface area contributed by atoms with Crippen molar-refractivity contribution in [2.75, 3.05) is 39.5 Å². The number of hydrogen-bond acceptors (Lipinski definition) is 5. The van der Waals surface area contributed by atoms with E-state index in [-0.39, 0.29) is 0 Å². The standard InChI is InChI=1S/C34H37Cl2NO4/c35-30-10-4-8-28(22-30)33(38)24-37(25-34(39)29-9-5-11-31(36)23-29)18-16-27-12-14-32(15-13-27)41-21-20-40-19-17-26-6-2-1-3-7-26/h1-15,22-23,33-34,38-39H,16-21,24-25H2/t33-,34?/m0/s1. The summed E-state index contributed by atoms with van der Waals surface area (Å²) >= 11 is 12.3. The summed E-state index contributed by atoms with van der Waals surface area (Å²) in [5.74, 6) is 0.796. The van der Waals surface area contributed by atoms with Gasteiger partial charge in [-0.05, 0) is 71.5 Å². The Labute approximate surface area is 252 Å². The zero-order valence-corrected chi connectivity index (χ0v) is 24.6. The van der Waals surface area contributed by atoms with Crippen LogP contribution in [0.4, 0.5) is 0 Å². The second-order valence-electron chi connectivity index (χ2n) is 9.99. The molecule has 0 fully saturated rings. The Morgan fingerprint density at radius 1 is 0.610 bits per heavy atom. The lowest BCUT2D eigenvalue weighted by molar-refractivity contribution is 0.0694. The summed E-state index contributed by atoms with van der Waals surface area (Å²) < 4.78 is 11.5. The molecule has 0 aromatic heterocycles. The van der Waals surface area contributed by atoms with Crippen molar-refractivity contribution >= 4 is 23.2 Å². The molecule has 0 aliphatic rings. The van der Waals surface area contributed by atoms with Crippen LogP contribution in [0.3, 0.4) is 0 Å². The zero-order chi connectivity index (χ0) is 28.9. The van der Waals surface area contributed by atoms with Crippen LogP contribution in [0, 0.1) is 0 Å². The van der Waals surface area contributed by atoms with Gasteiger partial charge >= 0.3 is 0 Å². The van der Waals surface area contributed by atoms with Gasteiger partial charge in [-0.2, -0.15) is 0 Å². The van der Waals surface area contributed by atoms with Crippen molar-refractivity contribution < 1.29 is 19.7 Å². The van der Waals surface area contributed by atoms with Crippen LogP contribution in [0.5, 0.6) is 5.75 Å². The molecule has 0 aliphatic heterocycles. The summed E-state index contributed by atoms with van der Waals surface area (Å²) in [4.78, 5) is 2.06. The fourth-order valence-electron chi connectivity index (χ4n) is 4.58. The lowest BCUT2D eigenvalue weighted by Gasteiger charge is -2.28. The molecule has 0 saturated heterocycles. The molecule has 0 amide bonds. The maximum Gasteiger partial charge on any atom is 0.119 e. The van der Waals surface area contributed by atoms with E-state index < -0.39 is 12.2 Å². The monoisotopic (exact) mass is 593 g/mol. The minimum Gasteiger partial charge on any atom is -0.491 e. The molecule has 7 heteroatoms. The summed E-state index contributed by atoms with van der Waals surface area (Å²) in [5.41, 5.74) is 3.88. The molecule has 4 aromatic rings. The van der Waals surface area contributed by atoms with E-state index in [0.29, 0.717) is 49.5 Å². The van der Waals surface area contributed by atoms with Gasteiger partial charge in [0.2, 0.25) is 0 Å². The second-order valence-corrected chi connectivity index (χ2v) is 10.9. The van der Waals surface area contributed by atoms with Crippen molar-refractivity contribution in [3.8, 4) is 5.75 Å². The van der Waals surface area contributed by atoms with Gasteiger partial charge in [-0.25, -0.2) is 0 Å². The minimum atomic E-state index is -0.744. The molecule has 1 unspecified atom stereocenters. The number of aliphatic hydroxyl groups excluding tert-OH is 2. The average molecular weight is 595 g/mol. The Morgan fingerprint density at radius 2 is 1.20 bits per heavy atom. The number of nitrogens with zero attached hydrogens (tertiary/aromatic N) is 1. The molecular weight excluding hydrogens is 557 g/mol. The molecule has 2 N–H and O–H groups in total. The van der Waals surface area contributed by atoms with Crippen molar-refractivity contribution in [3.05, 3.63) is 135 Å². The van der Waals surface area contributed by atoms with Crippen LogP contribution >= 0.6 is 23.2 Å². The fraction of sp³-hybridized carbons (Fsp3) is 0.294. The van der Waals surface area contributed by atoms with Gasteiger partial charge in [-0.15, -0.1) is 0 Å². The van der Waals surface area contributed by atoms with E-state index in [1.165, 1.54) is 5.56 Å². The van der Waals surface area contributed by atoms with Crippen LogP contribution in [-0.2, 0) is 17.6 Å². The molecule has 0 saturated carbocycles. The molecule has 5 nitrogen and oxygen atoms in total. The van der Waals surface area contributed by atoms with Gasteiger partial charge in [0.25, 0.3) is 0 Å². The van der Waals surface area contributed by atoms with Gasteiger partial charge in [0.1, 0.15) is 12.4 Å². The Bertz CT molecular complexity index is 1270. The summed E-state index contributed by atoms with van der Waals surface area (Å²) in [6.45, 7) is 3.04. The maximum absolute atomic E-state index is 10.9. The predicted octanol–water partition coefficient (Wildman–Crippen LogP) is 6.94. The summed E-state index contributed by atoms with van der Waals surface area (Å²) in [5, 5.41) is 23.0. The third-order valence-electron chi connectivity index (χ3n) is 6.84. The second kappa shape index (κ2) is 16.5. The van der Waals surface area contributed by atoms with Crippen LogP contribution < -0.4 is 4.74 Å². The van der Waals surface area contributed by atoms with E-state index in [2.05, 4.69) is 17.0 Å². The maximum atomic E-state index is 10.9. The third kappa shape index (κ3) is 10.8. The highest BCUT2D eigenvalue weighted by Gasteiger charge is 2.19. The van der Waals surface area contributed by atoms with Crippen molar-refractivity contribution in [2.24, 2.45) is 0 Å². The molecular formula is C34H37Cl2NO4. The molecule has 216 valence electrons. The van der Waals surface area contributed by atoms with Gasteiger partial charge in [-0.3, -0.25) is 4.90 Å². The van der Waals surface area contributed by atoms with E-state index >= 15 is 0 Å². The van der Waals surface area contributed by atoms with Gasteiger partial charge in [0, 0.05) is 29.7 Å². The first-order chi connectivity index (χ1) is 20.0. The molecule has 2 atom stereocenters. The molecule has 4 aromatic carbocycles. The number of hydrogen-bond donors (Lipinski definition) is 2. The molecule has 0 heterocycles. The van der Waals surface area contributed by atoms with E-state index in [1.807, 2.05) is 66.7 Å². The highest BCUT2D eigenvalue weighted by molar-refractivity contribution is 6.30. The first-order valence-electron chi connectivity index (χ1n) is 13.9. The Morgan fingerprint density at radius 3 is 1.78 bits per heavy atom. The van der Waals surface area contributed by atoms with Crippen LogP contribution in [0.25, 0.3) is 0 Å². The summed E-state index contributed by atoms with van der Waals surface area (Å²) in [7, 11) is 0. The average Bonchev–Trinajstić information content (AvgIpc) is 2.98. The Hall–Kier alpha value is -2.90. The molecule has 0 spiro atoms. The number of rotatable bonds is 16. The molecule has 0 radical (unpaired) electrons. The van der Waals surface area contributed by atoms with Gasteiger partial charge in [0.15, 0.2) is 0 Å². The lowest BCUT2D eigenvalue weighted by atomic mass is 10.1. The fourth-order valence-corrected chi connectivity index (χ4v) is 4.98. The largest absolute Gasteiger partial charge is 0.491 e. The Kier molecular flexibility index (Phi) is 12.5. The zero-order valence-electron chi connectivity index (χ0n) is 23.0. The van der Waals surface area contributed by atoms with Gasteiger partial charge < -0.3 is 19.7 Å².